The van der Waals surface area contributed by atoms with Gasteiger partial charge in [0.15, 0.2) is 5.65 Å². The Labute approximate surface area is 107 Å². The topological polar surface area (TPSA) is 111 Å². The Morgan fingerprint density at radius 3 is 2.84 bits per heavy atom. The van der Waals surface area contributed by atoms with Crippen molar-refractivity contribution in [3.05, 3.63) is 46.6 Å². The van der Waals surface area contributed by atoms with Gasteiger partial charge in [0.25, 0.3) is 5.69 Å². The Balaban J connectivity index is 2.13. The van der Waals surface area contributed by atoms with Gasteiger partial charge in [-0.3, -0.25) is 10.1 Å². The predicted octanol–water partition coefficient (Wildman–Crippen LogP) is 2.12. The van der Waals surface area contributed by atoms with Crippen molar-refractivity contribution in [2.75, 3.05) is 5.73 Å². The van der Waals surface area contributed by atoms with Gasteiger partial charge in [0.05, 0.1) is 10.4 Å². The quantitative estimate of drug-likeness (QED) is 0.414. The zero-order chi connectivity index (χ0) is 13.4. The van der Waals surface area contributed by atoms with Crippen LogP contribution in [-0.2, 0) is 0 Å². The van der Waals surface area contributed by atoms with Crippen molar-refractivity contribution in [3.8, 4) is 11.4 Å². The molecule has 0 atom stereocenters. The van der Waals surface area contributed by atoms with Gasteiger partial charge in [0.1, 0.15) is 5.82 Å². The van der Waals surface area contributed by atoms with Crippen molar-refractivity contribution in [2.24, 2.45) is 0 Å². The van der Waals surface area contributed by atoms with Crippen LogP contribution in [0.4, 0.5) is 11.4 Å². The molecule has 0 unspecified atom stereocenters. The minimum absolute atomic E-state index is 0.0458. The lowest BCUT2D eigenvalue weighted by Gasteiger charge is -2.01. The van der Waals surface area contributed by atoms with Gasteiger partial charge >= 0.3 is 0 Å². The fourth-order valence-corrected chi connectivity index (χ4v) is 1.85. The number of nitrogen functional groups attached to an aromatic ring is 1. The summed E-state index contributed by atoms with van der Waals surface area (Å²) < 4.78 is 0. The van der Waals surface area contributed by atoms with Crippen molar-refractivity contribution in [1.29, 1.82) is 0 Å². The minimum Gasteiger partial charge on any atom is -0.398 e. The van der Waals surface area contributed by atoms with Gasteiger partial charge in [0, 0.05) is 29.6 Å². The first-order chi connectivity index (χ1) is 9.15. The number of rotatable bonds is 2. The molecule has 0 saturated heterocycles. The minimum atomic E-state index is -0.486. The Bertz CT molecular complexity index is 748. The largest absolute Gasteiger partial charge is 0.398 e. The number of nitrogens with two attached hydrogens (primary N) is 1. The average Bonchev–Trinajstić information content (AvgIpc) is 2.81. The number of benzene rings is 1. The van der Waals surface area contributed by atoms with E-state index < -0.39 is 4.92 Å². The van der Waals surface area contributed by atoms with E-state index >= 15 is 0 Å². The van der Waals surface area contributed by atoms with E-state index in [2.05, 4.69) is 15.0 Å². The molecule has 2 aromatic heterocycles. The first-order valence-corrected chi connectivity index (χ1v) is 5.50. The number of aromatic nitrogens is 3. The highest BCUT2D eigenvalue weighted by atomic mass is 16.6. The first kappa shape index (κ1) is 11.1. The lowest BCUT2D eigenvalue weighted by Crippen LogP contribution is -1.94. The number of pyridine rings is 1. The number of non-ortho nitro benzene ring substituents is 1. The molecule has 94 valence electrons. The molecule has 0 aliphatic rings. The Kier molecular flexibility index (Phi) is 2.38. The molecular formula is C12H9N5O2. The Morgan fingerprint density at radius 1 is 1.32 bits per heavy atom. The van der Waals surface area contributed by atoms with Gasteiger partial charge in [-0.05, 0) is 18.2 Å². The number of fused-ring (bicyclic) bond motifs is 1. The van der Waals surface area contributed by atoms with Gasteiger partial charge in [-0.15, -0.1) is 0 Å². The zero-order valence-electron chi connectivity index (χ0n) is 9.70. The lowest BCUT2D eigenvalue weighted by atomic mass is 10.1. The average molecular weight is 255 g/mol. The van der Waals surface area contributed by atoms with Crippen LogP contribution in [0.2, 0.25) is 0 Å². The van der Waals surface area contributed by atoms with Crippen LogP contribution in [0, 0.1) is 10.1 Å². The van der Waals surface area contributed by atoms with Crippen LogP contribution in [-0.4, -0.2) is 19.9 Å². The van der Waals surface area contributed by atoms with E-state index in [0.29, 0.717) is 22.7 Å². The molecule has 0 aliphatic carbocycles. The maximum absolute atomic E-state index is 10.7. The summed E-state index contributed by atoms with van der Waals surface area (Å²) in [6.45, 7) is 0. The molecule has 0 fully saturated rings. The van der Waals surface area contributed by atoms with E-state index in [0.717, 1.165) is 5.52 Å². The fourth-order valence-electron chi connectivity index (χ4n) is 1.85. The molecule has 0 spiro atoms. The summed E-state index contributed by atoms with van der Waals surface area (Å²) in [5.74, 6) is 0.543. The van der Waals surface area contributed by atoms with Crippen LogP contribution >= 0.6 is 0 Å². The molecule has 0 aliphatic heterocycles. The van der Waals surface area contributed by atoms with Crippen molar-refractivity contribution in [1.82, 2.24) is 15.0 Å². The molecule has 0 amide bonds. The summed E-state index contributed by atoms with van der Waals surface area (Å²) in [4.78, 5) is 21.7. The highest BCUT2D eigenvalue weighted by Gasteiger charge is 2.13. The molecule has 0 radical (unpaired) electrons. The summed E-state index contributed by atoms with van der Waals surface area (Å²) in [5, 5.41) is 10.7. The van der Waals surface area contributed by atoms with Gasteiger partial charge in [0.2, 0.25) is 0 Å². The third-order valence-electron chi connectivity index (χ3n) is 2.76. The van der Waals surface area contributed by atoms with Crippen LogP contribution < -0.4 is 5.73 Å². The monoisotopic (exact) mass is 255 g/mol. The summed E-state index contributed by atoms with van der Waals surface area (Å²) in [6.07, 6.45) is 1.64. The lowest BCUT2D eigenvalue weighted by molar-refractivity contribution is -0.384. The highest BCUT2D eigenvalue weighted by Crippen LogP contribution is 2.28. The van der Waals surface area contributed by atoms with Crippen LogP contribution in [0.3, 0.4) is 0 Å². The molecule has 7 nitrogen and oxygen atoms in total. The SMILES string of the molecule is Nc1cc([N+](=O)[O-])ccc1-c1nc2ncccc2[nH]1. The van der Waals surface area contributed by atoms with Crippen LogP contribution in [0.1, 0.15) is 0 Å². The number of hydrogen-bond donors (Lipinski definition) is 2. The van der Waals surface area contributed by atoms with Gasteiger partial charge in [-0.2, -0.15) is 0 Å². The molecule has 1 aromatic carbocycles. The standard InChI is InChI=1S/C12H9N5O2/c13-9-6-7(17(18)19)3-4-8(9)11-15-10-2-1-5-14-12(10)16-11/h1-6H,13H2,(H,14,15,16). The number of nitro groups is 1. The molecule has 2 heterocycles. The number of hydrogen-bond acceptors (Lipinski definition) is 5. The van der Waals surface area contributed by atoms with Crippen molar-refractivity contribution >= 4 is 22.5 Å². The van der Waals surface area contributed by atoms with Crippen LogP contribution in [0.15, 0.2) is 36.5 Å². The van der Waals surface area contributed by atoms with Crippen molar-refractivity contribution in [3.63, 3.8) is 0 Å². The first-order valence-electron chi connectivity index (χ1n) is 5.50. The molecule has 3 rings (SSSR count). The smallest absolute Gasteiger partial charge is 0.271 e. The second kappa shape index (κ2) is 4.05. The van der Waals surface area contributed by atoms with Crippen LogP contribution in [0.5, 0.6) is 0 Å². The van der Waals surface area contributed by atoms with E-state index in [9.17, 15) is 10.1 Å². The number of nitrogens with one attached hydrogen (secondary N) is 1. The third kappa shape index (κ3) is 1.86. The molecule has 19 heavy (non-hydrogen) atoms. The Hall–Kier alpha value is -2.96. The second-order valence-corrected chi connectivity index (χ2v) is 3.99. The maximum Gasteiger partial charge on any atom is 0.271 e. The molecule has 3 N–H and O–H groups in total. The van der Waals surface area contributed by atoms with E-state index in [1.165, 1.54) is 12.1 Å². The summed E-state index contributed by atoms with van der Waals surface area (Å²) in [7, 11) is 0. The summed E-state index contributed by atoms with van der Waals surface area (Å²) >= 11 is 0. The van der Waals surface area contributed by atoms with Gasteiger partial charge < -0.3 is 10.7 Å². The molecule has 3 aromatic rings. The van der Waals surface area contributed by atoms with Gasteiger partial charge in [-0.1, -0.05) is 0 Å². The third-order valence-corrected chi connectivity index (χ3v) is 2.76. The number of nitrogens with zero attached hydrogens (tertiary/aromatic N) is 3. The predicted molar refractivity (Wildman–Crippen MR) is 70.4 cm³/mol. The highest BCUT2D eigenvalue weighted by molar-refractivity contribution is 5.80. The maximum atomic E-state index is 10.7. The van der Waals surface area contributed by atoms with Crippen molar-refractivity contribution < 1.29 is 4.92 Å². The van der Waals surface area contributed by atoms with E-state index in [1.54, 1.807) is 18.3 Å². The second-order valence-electron chi connectivity index (χ2n) is 3.99. The molecule has 7 heteroatoms. The molecule has 0 bridgehead atoms. The molecule has 0 saturated carbocycles. The summed E-state index contributed by atoms with van der Waals surface area (Å²) in [6, 6.07) is 7.93. The number of aromatic amines is 1. The number of imidazole rings is 1. The molecular weight excluding hydrogens is 246 g/mol. The van der Waals surface area contributed by atoms with Gasteiger partial charge in [-0.25, -0.2) is 9.97 Å². The van der Waals surface area contributed by atoms with E-state index in [-0.39, 0.29) is 5.69 Å². The Morgan fingerprint density at radius 2 is 2.16 bits per heavy atom. The van der Waals surface area contributed by atoms with Crippen molar-refractivity contribution in [2.45, 2.75) is 0 Å². The fraction of sp³-hybridized carbons (Fsp3) is 0. The van der Waals surface area contributed by atoms with E-state index in [4.69, 9.17) is 5.73 Å². The summed E-state index contributed by atoms with van der Waals surface area (Å²) in [5.41, 5.74) is 8.06. The zero-order valence-corrected chi connectivity index (χ0v) is 9.70. The number of nitro benzene ring substituents is 1. The van der Waals surface area contributed by atoms with Crippen LogP contribution in [0.25, 0.3) is 22.6 Å². The number of anilines is 1. The number of H-pyrrole nitrogens is 1. The van der Waals surface area contributed by atoms with E-state index in [1.807, 2.05) is 6.07 Å². The normalized spacial score (nSPS) is 10.7.